The van der Waals surface area contributed by atoms with Crippen LogP contribution in [0.1, 0.15) is 6.42 Å². The van der Waals surface area contributed by atoms with Crippen LogP contribution < -0.4 is 5.32 Å². The van der Waals surface area contributed by atoms with Crippen molar-refractivity contribution >= 4 is 10.2 Å². The minimum absolute atomic E-state index is 0.366. The standard InChI is InChI=1S/C10H19N3O3S/c14-17(15,12-3-5-16-6-4-12)13-7-9-1-2-11-10(9)8-13/h9-11H,1-8H2/t9-,10+/m0/s1. The molecule has 3 rings (SSSR count). The van der Waals surface area contributed by atoms with Crippen molar-refractivity contribution in [2.75, 3.05) is 45.9 Å². The zero-order valence-electron chi connectivity index (χ0n) is 9.84. The van der Waals surface area contributed by atoms with Gasteiger partial charge in [0.25, 0.3) is 10.2 Å². The van der Waals surface area contributed by atoms with Gasteiger partial charge in [0.1, 0.15) is 0 Å². The summed E-state index contributed by atoms with van der Waals surface area (Å²) in [6.45, 7) is 4.34. The maximum Gasteiger partial charge on any atom is 0.282 e. The van der Waals surface area contributed by atoms with E-state index in [-0.39, 0.29) is 0 Å². The second-order valence-corrected chi connectivity index (χ2v) is 6.87. The Kier molecular flexibility index (Phi) is 3.12. The van der Waals surface area contributed by atoms with E-state index in [1.165, 1.54) is 0 Å². The lowest BCUT2D eigenvalue weighted by Crippen LogP contribution is -2.48. The van der Waals surface area contributed by atoms with Crippen LogP contribution in [0.3, 0.4) is 0 Å². The van der Waals surface area contributed by atoms with Crippen molar-refractivity contribution in [1.29, 1.82) is 0 Å². The Morgan fingerprint density at radius 3 is 2.59 bits per heavy atom. The van der Waals surface area contributed by atoms with Crippen molar-refractivity contribution in [3.8, 4) is 0 Å². The number of hydrogen-bond acceptors (Lipinski definition) is 4. The summed E-state index contributed by atoms with van der Waals surface area (Å²) in [4.78, 5) is 0. The van der Waals surface area contributed by atoms with Crippen LogP contribution in [0.4, 0.5) is 0 Å². The first-order valence-electron chi connectivity index (χ1n) is 6.24. The Bertz CT molecular complexity index is 368. The van der Waals surface area contributed by atoms with E-state index in [9.17, 15) is 8.42 Å². The zero-order valence-corrected chi connectivity index (χ0v) is 10.7. The molecule has 98 valence electrons. The molecule has 0 amide bonds. The van der Waals surface area contributed by atoms with Gasteiger partial charge in [-0.15, -0.1) is 0 Å². The monoisotopic (exact) mass is 261 g/mol. The molecular formula is C10H19N3O3S. The van der Waals surface area contributed by atoms with Crippen LogP contribution in [0.25, 0.3) is 0 Å². The molecule has 3 fully saturated rings. The molecular weight excluding hydrogens is 242 g/mol. The van der Waals surface area contributed by atoms with Crippen LogP contribution in [0, 0.1) is 5.92 Å². The van der Waals surface area contributed by atoms with Gasteiger partial charge in [-0.25, -0.2) is 0 Å². The molecule has 7 heteroatoms. The van der Waals surface area contributed by atoms with Crippen molar-refractivity contribution in [3.63, 3.8) is 0 Å². The summed E-state index contributed by atoms with van der Waals surface area (Å²) in [6, 6.07) is 0.366. The third-order valence-corrected chi connectivity index (χ3v) is 5.92. The second-order valence-electron chi connectivity index (χ2n) is 4.95. The summed E-state index contributed by atoms with van der Waals surface area (Å²) in [5.74, 6) is 0.505. The second kappa shape index (κ2) is 4.47. The van der Waals surface area contributed by atoms with Gasteiger partial charge in [-0.2, -0.15) is 17.0 Å². The highest BCUT2D eigenvalue weighted by Gasteiger charge is 2.43. The molecule has 3 saturated heterocycles. The highest BCUT2D eigenvalue weighted by molar-refractivity contribution is 7.86. The van der Waals surface area contributed by atoms with E-state index in [1.807, 2.05) is 0 Å². The fourth-order valence-corrected chi connectivity index (χ4v) is 4.60. The number of rotatable bonds is 2. The number of fused-ring (bicyclic) bond motifs is 1. The van der Waals surface area contributed by atoms with Crippen molar-refractivity contribution in [2.45, 2.75) is 12.5 Å². The van der Waals surface area contributed by atoms with Gasteiger partial charge < -0.3 is 10.1 Å². The summed E-state index contributed by atoms with van der Waals surface area (Å²) >= 11 is 0. The van der Waals surface area contributed by atoms with Gasteiger partial charge in [-0.3, -0.25) is 0 Å². The quantitative estimate of drug-likeness (QED) is 0.682. The van der Waals surface area contributed by atoms with Crippen LogP contribution in [0.5, 0.6) is 0 Å². The molecule has 0 aromatic heterocycles. The lowest BCUT2D eigenvalue weighted by atomic mass is 10.1. The molecule has 0 aromatic carbocycles. The zero-order chi connectivity index (χ0) is 11.9. The summed E-state index contributed by atoms with van der Waals surface area (Å²) in [5, 5.41) is 3.37. The number of morpholine rings is 1. The molecule has 0 aromatic rings. The Balaban J connectivity index is 1.70. The Hall–Kier alpha value is -0.210. The first-order chi connectivity index (χ1) is 8.18. The van der Waals surface area contributed by atoms with Crippen molar-refractivity contribution in [1.82, 2.24) is 13.9 Å². The maximum atomic E-state index is 12.4. The third-order valence-electron chi connectivity index (χ3n) is 3.95. The number of nitrogens with zero attached hydrogens (tertiary/aromatic N) is 2. The smallest absolute Gasteiger partial charge is 0.282 e. The van der Waals surface area contributed by atoms with Gasteiger partial charge in [-0.05, 0) is 18.9 Å². The summed E-state index contributed by atoms with van der Waals surface area (Å²) in [6.07, 6.45) is 1.10. The Labute approximate surface area is 102 Å². The van der Waals surface area contributed by atoms with Crippen LogP contribution in [-0.4, -0.2) is 69.0 Å². The number of nitrogens with one attached hydrogen (secondary N) is 1. The van der Waals surface area contributed by atoms with Gasteiger partial charge in [-0.1, -0.05) is 0 Å². The highest BCUT2D eigenvalue weighted by atomic mass is 32.2. The van der Waals surface area contributed by atoms with E-state index in [4.69, 9.17) is 4.74 Å². The van der Waals surface area contributed by atoms with Crippen molar-refractivity contribution < 1.29 is 13.2 Å². The topological polar surface area (TPSA) is 61.9 Å². The van der Waals surface area contributed by atoms with E-state index in [1.54, 1.807) is 8.61 Å². The first kappa shape index (κ1) is 11.9. The fraction of sp³-hybridized carbons (Fsp3) is 1.00. The molecule has 2 atom stereocenters. The summed E-state index contributed by atoms with van der Waals surface area (Å²) < 4.78 is 33.2. The van der Waals surface area contributed by atoms with Crippen LogP contribution >= 0.6 is 0 Å². The molecule has 3 heterocycles. The number of ether oxygens (including phenoxy) is 1. The summed E-state index contributed by atoms with van der Waals surface area (Å²) in [7, 11) is -3.26. The first-order valence-corrected chi connectivity index (χ1v) is 7.64. The minimum atomic E-state index is -3.26. The molecule has 3 aliphatic rings. The predicted octanol–water partition coefficient (Wildman–Crippen LogP) is -1.14. The van der Waals surface area contributed by atoms with E-state index in [2.05, 4.69) is 5.32 Å². The largest absolute Gasteiger partial charge is 0.379 e. The lowest BCUT2D eigenvalue weighted by Gasteiger charge is -2.30. The van der Waals surface area contributed by atoms with E-state index < -0.39 is 10.2 Å². The predicted molar refractivity (Wildman–Crippen MR) is 62.8 cm³/mol. The van der Waals surface area contributed by atoms with E-state index in [0.717, 1.165) is 13.0 Å². The van der Waals surface area contributed by atoms with Crippen molar-refractivity contribution in [2.24, 2.45) is 5.92 Å². The molecule has 6 nitrogen and oxygen atoms in total. The molecule has 17 heavy (non-hydrogen) atoms. The third kappa shape index (κ3) is 2.10. The van der Waals surface area contributed by atoms with Crippen LogP contribution in [0.15, 0.2) is 0 Å². The molecule has 3 aliphatic heterocycles. The Morgan fingerprint density at radius 2 is 1.88 bits per heavy atom. The van der Waals surface area contributed by atoms with E-state index >= 15 is 0 Å². The normalized spacial score (nSPS) is 36.2. The minimum Gasteiger partial charge on any atom is -0.379 e. The molecule has 0 radical (unpaired) electrons. The highest BCUT2D eigenvalue weighted by Crippen LogP contribution is 2.27. The van der Waals surface area contributed by atoms with Gasteiger partial charge in [0.15, 0.2) is 0 Å². The average Bonchev–Trinajstić information content (AvgIpc) is 2.90. The van der Waals surface area contributed by atoms with Crippen molar-refractivity contribution in [3.05, 3.63) is 0 Å². The molecule has 0 saturated carbocycles. The molecule has 0 spiro atoms. The Morgan fingerprint density at radius 1 is 1.12 bits per heavy atom. The van der Waals surface area contributed by atoms with Gasteiger partial charge in [0.05, 0.1) is 13.2 Å². The molecule has 0 unspecified atom stereocenters. The molecule has 1 N–H and O–H groups in total. The van der Waals surface area contributed by atoms with Gasteiger partial charge >= 0.3 is 0 Å². The number of hydrogen-bond donors (Lipinski definition) is 1. The van der Waals surface area contributed by atoms with Gasteiger partial charge in [0.2, 0.25) is 0 Å². The average molecular weight is 261 g/mol. The van der Waals surface area contributed by atoms with Crippen LogP contribution in [-0.2, 0) is 14.9 Å². The SMILES string of the molecule is O=S(=O)(N1CCOCC1)N1C[C@@H]2CCN[C@@H]2C1. The maximum absolute atomic E-state index is 12.4. The fourth-order valence-electron chi connectivity index (χ4n) is 2.94. The molecule has 0 bridgehead atoms. The molecule has 0 aliphatic carbocycles. The summed E-state index contributed by atoms with van der Waals surface area (Å²) in [5.41, 5.74) is 0. The van der Waals surface area contributed by atoms with E-state index in [0.29, 0.717) is 51.4 Å². The van der Waals surface area contributed by atoms with Crippen LogP contribution in [0.2, 0.25) is 0 Å². The lowest BCUT2D eigenvalue weighted by molar-refractivity contribution is 0.0705. The van der Waals surface area contributed by atoms with Gasteiger partial charge in [0, 0.05) is 32.2 Å².